The fourth-order valence-electron chi connectivity index (χ4n) is 0.959. The third-order valence-electron chi connectivity index (χ3n) is 1.63. The van der Waals surface area contributed by atoms with Crippen LogP contribution in [0.1, 0.15) is 17.7 Å². The van der Waals surface area contributed by atoms with E-state index in [1.54, 1.807) is 0 Å². The van der Waals surface area contributed by atoms with Crippen molar-refractivity contribution in [3.8, 4) is 0 Å². The van der Waals surface area contributed by atoms with Crippen LogP contribution in [0, 0.1) is 0 Å². The highest BCUT2D eigenvalue weighted by Crippen LogP contribution is 2.21. The molecular formula is C7H9F2N3O2S. The topological polar surface area (TPSA) is 99.1 Å². The van der Waals surface area contributed by atoms with E-state index < -0.39 is 27.0 Å². The minimum Gasteiger partial charge on any atom is -0.325 e. The number of sulfonamides is 1. The van der Waals surface area contributed by atoms with Crippen molar-refractivity contribution in [3.63, 3.8) is 0 Å². The minimum atomic E-state index is -4.09. The second-order valence-corrected chi connectivity index (χ2v) is 4.29. The number of primary sulfonamides is 1. The highest BCUT2D eigenvalue weighted by Gasteiger charge is 2.16. The minimum absolute atomic E-state index is 0.0526. The zero-order chi connectivity index (χ0) is 11.6. The Kier molecular flexibility index (Phi) is 3.32. The van der Waals surface area contributed by atoms with E-state index in [4.69, 9.17) is 10.9 Å². The Morgan fingerprint density at radius 2 is 2.00 bits per heavy atom. The van der Waals surface area contributed by atoms with Crippen LogP contribution in [0.5, 0.6) is 0 Å². The number of aromatic nitrogens is 1. The molecule has 0 aliphatic carbocycles. The average molecular weight is 237 g/mol. The van der Waals surface area contributed by atoms with Gasteiger partial charge in [-0.15, -0.1) is 0 Å². The van der Waals surface area contributed by atoms with Crippen LogP contribution in [0.4, 0.5) is 8.78 Å². The van der Waals surface area contributed by atoms with E-state index in [2.05, 4.69) is 4.98 Å². The molecule has 0 aliphatic rings. The molecule has 0 aromatic carbocycles. The van der Waals surface area contributed by atoms with Crippen molar-refractivity contribution in [2.24, 2.45) is 10.9 Å². The lowest BCUT2D eigenvalue weighted by Crippen LogP contribution is -2.16. The normalized spacial score (nSPS) is 12.1. The fourth-order valence-corrected chi connectivity index (χ4v) is 1.50. The maximum Gasteiger partial charge on any atom is 0.264 e. The van der Waals surface area contributed by atoms with Gasteiger partial charge in [-0.1, -0.05) is 0 Å². The van der Waals surface area contributed by atoms with E-state index in [1.165, 1.54) is 0 Å². The van der Waals surface area contributed by atoms with Crippen LogP contribution in [-0.4, -0.2) is 13.4 Å². The van der Waals surface area contributed by atoms with Crippen molar-refractivity contribution < 1.29 is 17.2 Å². The summed E-state index contributed by atoms with van der Waals surface area (Å²) in [6.45, 7) is -0.136. The zero-order valence-corrected chi connectivity index (χ0v) is 8.34. The molecule has 0 bridgehead atoms. The predicted octanol–water partition coefficient (Wildman–Crippen LogP) is 0.125. The molecule has 8 heteroatoms. The summed E-state index contributed by atoms with van der Waals surface area (Å²) in [6, 6.07) is 1.78. The first kappa shape index (κ1) is 12.0. The van der Waals surface area contributed by atoms with Crippen LogP contribution in [-0.2, 0) is 16.6 Å². The molecule has 84 valence electrons. The lowest BCUT2D eigenvalue weighted by atomic mass is 10.2. The Bertz CT molecular complexity index is 461. The second kappa shape index (κ2) is 4.17. The van der Waals surface area contributed by atoms with E-state index in [1.807, 2.05) is 0 Å². The van der Waals surface area contributed by atoms with Crippen molar-refractivity contribution in [1.29, 1.82) is 0 Å². The van der Waals surface area contributed by atoms with Crippen LogP contribution < -0.4 is 10.9 Å². The first-order valence-electron chi connectivity index (χ1n) is 3.86. The lowest BCUT2D eigenvalue weighted by molar-refractivity contribution is 0.151. The molecule has 0 fully saturated rings. The molecule has 0 spiro atoms. The molecular weight excluding hydrogens is 228 g/mol. The molecule has 4 N–H and O–H groups in total. The molecule has 0 saturated heterocycles. The maximum absolute atomic E-state index is 12.3. The summed E-state index contributed by atoms with van der Waals surface area (Å²) in [4.78, 5) is 3.53. The number of hydrogen-bond donors (Lipinski definition) is 2. The van der Waals surface area contributed by atoms with Crippen LogP contribution in [0.3, 0.4) is 0 Å². The third kappa shape index (κ3) is 2.91. The average Bonchev–Trinajstić information content (AvgIpc) is 2.15. The first-order valence-corrected chi connectivity index (χ1v) is 5.41. The summed E-state index contributed by atoms with van der Waals surface area (Å²) in [6.07, 6.45) is -2.79. The summed E-state index contributed by atoms with van der Waals surface area (Å²) >= 11 is 0. The molecule has 0 saturated carbocycles. The van der Waals surface area contributed by atoms with E-state index in [9.17, 15) is 17.2 Å². The van der Waals surface area contributed by atoms with Gasteiger partial charge in [0.2, 0.25) is 0 Å². The number of nitrogens with zero attached hydrogens (tertiary/aromatic N) is 1. The summed E-state index contributed by atoms with van der Waals surface area (Å²) in [5, 5.41) is 4.18. The molecule has 15 heavy (non-hydrogen) atoms. The molecule has 0 atom stereocenters. The summed E-state index contributed by atoms with van der Waals surface area (Å²) in [5.74, 6) is 0. The number of pyridine rings is 1. The molecule has 1 aromatic heterocycles. The van der Waals surface area contributed by atoms with Gasteiger partial charge in [-0.05, 0) is 12.1 Å². The SMILES string of the molecule is NCc1cc(C(F)F)cc(S(N)(=O)=O)n1. The Balaban J connectivity index is 3.36. The van der Waals surface area contributed by atoms with Crippen LogP contribution >= 0.6 is 0 Å². The van der Waals surface area contributed by atoms with Gasteiger partial charge in [0.1, 0.15) is 0 Å². The van der Waals surface area contributed by atoms with Crippen molar-refractivity contribution in [2.45, 2.75) is 18.0 Å². The van der Waals surface area contributed by atoms with Gasteiger partial charge in [-0.2, -0.15) is 0 Å². The Morgan fingerprint density at radius 1 is 1.40 bits per heavy atom. The van der Waals surface area contributed by atoms with Gasteiger partial charge in [0.05, 0.1) is 5.69 Å². The smallest absolute Gasteiger partial charge is 0.264 e. The van der Waals surface area contributed by atoms with Crippen molar-refractivity contribution in [2.75, 3.05) is 0 Å². The summed E-state index contributed by atoms with van der Waals surface area (Å²) in [7, 11) is -4.09. The van der Waals surface area contributed by atoms with Crippen molar-refractivity contribution in [3.05, 3.63) is 23.4 Å². The molecule has 0 amide bonds. The van der Waals surface area contributed by atoms with E-state index in [0.717, 1.165) is 12.1 Å². The van der Waals surface area contributed by atoms with Crippen LogP contribution in [0.25, 0.3) is 0 Å². The zero-order valence-electron chi connectivity index (χ0n) is 7.52. The molecule has 1 aromatic rings. The quantitative estimate of drug-likeness (QED) is 0.780. The second-order valence-electron chi connectivity index (χ2n) is 2.78. The Morgan fingerprint density at radius 3 is 2.40 bits per heavy atom. The van der Waals surface area contributed by atoms with Gasteiger partial charge >= 0.3 is 0 Å². The van der Waals surface area contributed by atoms with Crippen molar-refractivity contribution in [1.82, 2.24) is 4.98 Å². The largest absolute Gasteiger partial charge is 0.325 e. The Hall–Kier alpha value is -1.12. The van der Waals surface area contributed by atoms with Gasteiger partial charge in [0, 0.05) is 12.1 Å². The molecule has 0 unspecified atom stereocenters. The third-order valence-corrected chi connectivity index (χ3v) is 2.42. The Labute approximate surface area is 85.2 Å². The monoisotopic (exact) mass is 237 g/mol. The number of nitrogens with two attached hydrogens (primary N) is 2. The fraction of sp³-hybridized carbons (Fsp3) is 0.286. The van der Waals surface area contributed by atoms with Crippen molar-refractivity contribution >= 4 is 10.0 Å². The summed E-state index contributed by atoms with van der Waals surface area (Å²) in [5.41, 5.74) is 4.78. The van der Waals surface area contributed by atoms with E-state index in [-0.39, 0.29) is 12.2 Å². The van der Waals surface area contributed by atoms with Gasteiger partial charge in [-0.25, -0.2) is 27.3 Å². The van der Waals surface area contributed by atoms with Crippen LogP contribution in [0.15, 0.2) is 17.2 Å². The van der Waals surface area contributed by atoms with Crippen LogP contribution in [0.2, 0.25) is 0 Å². The van der Waals surface area contributed by atoms with E-state index in [0.29, 0.717) is 0 Å². The number of halogens is 2. The highest BCUT2D eigenvalue weighted by atomic mass is 32.2. The molecule has 1 heterocycles. The number of hydrogen-bond acceptors (Lipinski definition) is 4. The van der Waals surface area contributed by atoms with E-state index >= 15 is 0 Å². The molecule has 5 nitrogen and oxygen atoms in total. The predicted molar refractivity (Wildman–Crippen MR) is 48.5 cm³/mol. The highest BCUT2D eigenvalue weighted by molar-refractivity contribution is 7.89. The van der Waals surface area contributed by atoms with Gasteiger partial charge in [0.15, 0.2) is 5.03 Å². The summed E-state index contributed by atoms with van der Waals surface area (Å²) < 4.78 is 46.5. The maximum atomic E-state index is 12.3. The van der Waals surface area contributed by atoms with Gasteiger partial charge < -0.3 is 5.73 Å². The number of rotatable bonds is 3. The molecule has 0 aliphatic heterocycles. The lowest BCUT2D eigenvalue weighted by Gasteiger charge is -2.05. The number of alkyl halides is 2. The molecule has 0 radical (unpaired) electrons. The first-order chi connectivity index (χ1) is 6.84. The standard InChI is InChI=1S/C7H9F2N3O2S/c8-7(9)4-1-5(3-10)12-6(2-4)15(11,13)14/h1-2,7H,3,10H2,(H2,11,13,14). The van der Waals surface area contributed by atoms with Gasteiger partial charge in [-0.3, -0.25) is 0 Å². The van der Waals surface area contributed by atoms with Gasteiger partial charge in [0.25, 0.3) is 16.4 Å². The molecule has 1 rings (SSSR count).